The molecule has 2 rings (SSSR count). The summed E-state index contributed by atoms with van der Waals surface area (Å²) in [6, 6.07) is 9.21. The van der Waals surface area contributed by atoms with Gasteiger partial charge in [0.2, 0.25) is 5.91 Å². The minimum absolute atomic E-state index is 0.198. The topological polar surface area (TPSA) is 62.6 Å². The second kappa shape index (κ2) is 7.33. The molecule has 122 valence electrons. The zero-order valence-corrected chi connectivity index (χ0v) is 14.0. The summed E-state index contributed by atoms with van der Waals surface area (Å²) in [6.45, 7) is 3.52. The summed E-state index contributed by atoms with van der Waals surface area (Å²) in [6.07, 6.45) is 1.57. The summed E-state index contributed by atoms with van der Waals surface area (Å²) < 4.78 is 5.31. The van der Waals surface area contributed by atoms with E-state index in [-0.39, 0.29) is 17.9 Å². The van der Waals surface area contributed by atoms with Gasteiger partial charge >= 0.3 is 0 Å². The van der Waals surface area contributed by atoms with Crippen molar-refractivity contribution in [2.24, 2.45) is 0 Å². The number of carbonyl (C=O) groups is 2. The third-order valence-electron chi connectivity index (χ3n) is 3.71. The zero-order chi connectivity index (χ0) is 17.0. The van der Waals surface area contributed by atoms with Crippen molar-refractivity contribution in [3.05, 3.63) is 59.0 Å². The maximum Gasteiger partial charge on any atom is 0.251 e. The Bertz CT molecular complexity index is 668. The summed E-state index contributed by atoms with van der Waals surface area (Å²) >= 11 is 5.80. The van der Waals surface area contributed by atoms with Crippen molar-refractivity contribution in [1.29, 1.82) is 0 Å². The van der Waals surface area contributed by atoms with Crippen LogP contribution in [0.2, 0.25) is 5.02 Å². The number of likely N-dealkylation sites (N-methyl/N-ethyl adjacent to an activating group) is 1. The van der Waals surface area contributed by atoms with Crippen molar-refractivity contribution in [2.45, 2.75) is 25.9 Å². The third-order valence-corrected chi connectivity index (χ3v) is 3.96. The van der Waals surface area contributed by atoms with Crippen LogP contribution in [-0.2, 0) is 4.79 Å². The Labute approximate surface area is 140 Å². The molecule has 0 spiro atoms. The first-order chi connectivity index (χ1) is 10.9. The Balaban J connectivity index is 1.99. The van der Waals surface area contributed by atoms with E-state index in [1.54, 1.807) is 55.5 Å². The zero-order valence-electron chi connectivity index (χ0n) is 13.2. The van der Waals surface area contributed by atoms with E-state index in [1.165, 1.54) is 0 Å². The van der Waals surface area contributed by atoms with Gasteiger partial charge in [0, 0.05) is 17.6 Å². The monoisotopic (exact) mass is 334 g/mol. The molecule has 0 aliphatic heterocycles. The molecule has 1 aromatic heterocycles. The molecule has 1 heterocycles. The fourth-order valence-corrected chi connectivity index (χ4v) is 2.29. The smallest absolute Gasteiger partial charge is 0.251 e. The first-order valence-electron chi connectivity index (χ1n) is 7.26. The molecule has 0 bridgehead atoms. The molecular weight excluding hydrogens is 316 g/mol. The molecule has 23 heavy (non-hydrogen) atoms. The van der Waals surface area contributed by atoms with Gasteiger partial charge in [-0.05, 0) is 50.2 Å². The molecule has 1 aromatic carbocycles. The van der Waals surface area contributed by atoms with Crippen LogP contribution in [-0.4, -0.2) is 29.8 Å². The van der Waals surface area contributed by atoms with E-state index in [0.29, 0.717) is 16.3 Å². The molecule has 2 amide bonds. The Morgan fingerprint density at radius 1 is 1.17 bits per heavy atom. The minimum Gasteiger partial charge on any atom is -0.467 e. The minimum atomic E-state index is -0.652. The van der Waals surface area contributed by atoms with Crippen molar-refractivity contribution in [3.8, 4) is 0 Å². The number of hydrogen-bond acceptors (Lipinski definition) is 3. The lowest BCUT2D eigenvalue weighted by molar-refractivity contribution is -0.133. The molecule has 0 saturated carbocycles. The number of benzene rings is 1. The van der Waals surface area contributed by atoms with Crippen LogP contribution in [0.1, 0.15) is 36.0 Å². The lowest BCUT2D eigenvalue weighted by atomic mass is 10.1. The van der Waals surface area contributed by atoms with Crippen molar-refractivity contribution < 1.29 is 14.0 Å². The standard InChI is InChI=1S/C17H19ClN2O3/c1-11(19-16(21)13-6-8-14(18)9-7-13)17(22)20(3)12(2)15-5-4-10-23-15/h4-12H,1-3H3,(H,19,21)/t11-,12+/m0/s1. The third kappa shape index (κ3) is 4.13. The lowest BCUT2D eigenvalue weighted by Gasteiger charge is -2.26. The Morgan fingerprint density at radius 3 is 2.39 bits per heavy atom. The van der Waals surface area contributed by atoms with Crippen LogP contribution in [0, 0.1) is 0 Å². The molecule has 6 heteroatoms. The fourth-order valence-electron chi connectivity index (χ4n) is 2.16. The molecule has 0 saturated heterocycles. The normalized spacial score (nSPS) is 13.2. The van der Waals surface area contributed by atoms with Crippen LogP contribution in [0.4, 0.5) is 0 Å². The van der Waals surface area contributed by atoms with E-state index in [1.807, 2.05) is 13.0 Å². The molecule has 5 nitrogen and oxygen atoms in total. The van der Waals surface area contributed by atoms with Gasteiger partial charge in [0.05, 0.1) is 12.3 Å². The summed E-state index contributed by atoms with van der Waals surface area (Å²) in [4.78, 5) is 26.1. The Hall–Kier alpha value is -2.27. The number of carbonyl (C=O) groups excluding carboxylic acids is 2. The molecular formula is C17H19ClN2O3. The molecule has 2 aromatic rings. The first-order valence-corrected chi connectivity index (χ1v) is 7.64. The second-order valence-corrected chi connectivity index (χ2v) is 5.78. The highest BCUT2D eigenvalue weighted by molar-refractivity contribution is 6.30. The summed E-state index contributed by atoms with van der Waals surface area (Å²) in [5.74, 6) is 0.176. The lowest BCUT2D eigenvalue weighted by Crippen LogP contribution is -2.46. The summed E-state index contributed by atoms with van der Waals surface area (Å²) in [5, 5.41) is 3.25. The van der Waals surface area contributed by atoms with Gasteiger partial charge in [0.25, 0.3) is 5.91 Å². The number of amides is 2. The van der Waals surface area contributed by atoms with Gasteiger partial charge < -0.3 is 14.6 Å². The van der Waals surface area contributed by atoms with Crippen LogP contribution in [0.5, 0.6) is 0 Å². The van der Waals surface area contributed by atoms with Crippen molar-refractivity contribution in [3.63, 3.8) is 0 Å². The van der Waals surface area contributed by atoms with Gasteiger partial charge in [-0.1, -0.05) is 11.6 Å². The van der Waals surface area contributed by atoms with Crippen molar-refractivity contribution in [1.82, 2.24) is 10.2 Å². The number of nitrogens with one attached hydrogen (secondary N) is 1. The highest BCUT2D eigenvalue weighted by atomic mass is 35.5. The predicted molar refractivity (Wildman–Crippen MR) is 88.3 cm³/mol. The van der Waals surface area contributed by atoms with E-state index >= 15 is 0 Å². The highest BCUT2D eigenvalue weighted by Gasteiger charge is 2.25. The molecule has 2 atom stereocenters. The molecule has 0 unspecified atom stereocenters. The van der Waals surface area contributed by atoms with Crippen LogP contribution in [0.15, 0.2) is 47.1 Å². The molecule has 0 aliphatic rings. The SMILES string of the molecule is C[C@H](NC(=O)c1ccc(Cl)cc1)C(=O)N(C)[C@H](C)c1ccco1. The summed E-state index contributed by atoms with van der Waals surface area (Å²) in [7, 11) is 1.68. The quantitative estimate of drug-likeness (QED) is 0.912. The average Bonchev–Trinajstić information content (AvgIpc) is 3.07. The number of nitrogens with zero attached hydrogens (tertiary/aromatic N) is 1. The first kappa shape index (κ1) is 17.1. The van der Waals surface area contributed by atoms with Crippen LogP contribution < -0.4 is 5.32 Å². The number of hydrogen-bond donors (Lipinski definition) is 1. The largest absolute Gasteiger partial charge is 0.467 e. The average molecular weight is 335 g/mol. The predicted octanol–water partition coefficient (Wildman–Crippen LogP) is 3.27. The van der Waals surface area contributed by atoms with Crippen molar-refractivity contribution in [2.75, 3.05) is 7.05 Å². The van der Waals surface area contributed by atoms with E-state index in [4.69, 9.17) is 16.0 Å². The maximum absolute atomic E-state index is 12.4. The van der Waals surface area contributed by atoms with Gasteiger partial charge in [-0.25, -0.2) is 0 Å². The van der Waals surface area contributed by atoms with Gasteiger partial charge in [-0.2, -0.15) is 0 Å². The molecule has 0 radical (unpaired) electrons. The van der Waals surface area contributed by atoms with Gasteiger partial charge in [-0.3, -0.25) is 9.59 Å². The molecule has 1 N–H and O–H groups in total. The van der Waals surface area contributed by atoms with E-state index in [0.717, 1.165) is 0 Å². The number of furan rings is 1. The maximum atomic E-state index is 12.4. The van der Waals surface area contributed by atoms with Crippen LogP contribution in [0.25, 0.3) is 0 Å². The molecule has 0 aliphatic carbocycles. The van der Waals surface area contributed by atoms with E-state index in [9.17, 15) is 9.59 Å². The second-order valence-electron chi connectivity index (χ2n) is 5.34. The number of halogens is 1. The van der Waals surface area contributed by atoms with Crippen LogP contribution >= 0.6 is 11.6 Å². The van der Waals surface area contributed by atoms with Gasteiger partial charge in [-0.15, -0.1) is 0 Å². The van der Waals surface area contributed by atoms with Crippen LogP contribution in [0.3, 0.4) is 0 Å². The summed E-state index contributed by atoms with van der Waals surface area (Å²) in [5.41, 5.74) is 0.454. The highest BCUT2D eigenvalue weighted by Crippen LogP contribution is 2.19. The van der Waals surface area contributed by atoms with E-state index in [2.05, 4.69) is 5.32 Å². The Morgan fingerprint density at radius 2 is 1.83 bits per heavy atom. The fraction of sp³-hybridized carbons (Fsp3) is 0.294. The molecule has 0 fully saturated rings. The van der Waals surface area contributed by atoms with Gasteiger partial charge in [0.1, 0.15) is 11.8 Å². The van der Waals surface area contributed by atoms with E-state index < -0.39 is 6.04 Å². The Kier molecular flexibility index (Phi) is 5.45. The van der Waals surface area contributed by atoms with Gasteiger partial charge in [0.15, 0.2) is 0 Å². The number of rotatable bonds is 5. The van der Waals surface area contributed by atoms with Crippen molar-refractivity contribution >= 4 is 23.4 Å².